The van der Waals surface area contributed by atoms with Crippen molar-refractivity contribution in [2.24, 2.45) is 5.73 Å². The molecule has 0 aliphatic rings. The monoisotopic (exact) mass is 290 g/mol. The van der Waals surface area contributed by atoms with Crippen LogP contribution in [0.3, 0.4) is 0 Å². The first-order valence-electron chi connectivity index (χ1n) is 5.26. The third-order valence-corrected chi connectivity index (χ3v) is 3.35. The molecule has 0 aliphatic carbocycles. The van der Waals surface area contributed by atoms with Crippen molar-refractivity contribution in [1.29, 1.82) is 0 Å². The van der Waals surface area contributed by atoms with Crippen molar-refractivity contribution in [1.82, 2.24) is 4.98 Å². The van der Waals surface area contributed by atoms with Crippen LogP contribution in [0.1, 0.15) is 12.0 Å². The van der Waals surface area contributed by atoms with Gasteiger partial charge in [-0.3, -0.25) is 0 Å². The van der Waals surface area contributed by atoms with E-state index in [4.69, 9.17) is 38.4 Å². The van der Waals surface area contributed by atoms with Crippen molar-refractivity contribution in [3.63, 3.8) is 0 Å². The van der Waals surface area contributed by atoms with Gasteiger partial charge in [0.25, 0.3) is 0 Å². The van der Waals surface area contributed by atoms with Gasteiger partial charge in [-0.15, -0.1) is 6.58 Å². The molecule has 0 bridgehead atoms. The van der Waals surface area contributed by atoms with Gasteiger partial charge in [0.15, 0.2) is 6.29 Å². The number of hydrogen-bond acceptors (Lipinski definition) is 4. The second-order valence-electron chi connectivity index (χ2n) is 3.83. The summed E-state index contributed by atoms with van der Waals surface area (Å²) in [5.74, 6) is 0. The number of halogens is 2. The Morgan fingerprint density at radius 1 is 1.50 bits per heavy atom. The minimum atomic E-state index is -0.924. The SMILES string of the molecule is C=CCC(N)(c1cnc(Cl)c(Cl)c1)C(OC)OC. The molecule has 18 heavy (non-hydrogen) atoms. The maximum atomic E-state index is 6.35. The smallest absolute Gasteiger partial charge is 0.179 e. The molecular weight excluding hydrogens is 275 g/mol. The van der Waals surface area contributed by atoms with Crippen LogP contribution < -0.4 is 5.73 Å². The summed E-state index contributed by atoms with van der Waals surface area (Å²) in [7, 11) is 3.04. The van der Waals surface area contributed by atoms with E-state index in [1.165, 1.54) is 14.2 Å². The van der Waals surface area contributed by atoms with E-state index in [0.717, 1.165) is 0 Å². The van der Waals surface area contributed by atoms with Crippen LogP contribution in [-0.4, -0.2) is 25.5 Å². The Balaban J connectivity index is 3.24. The fourth-order valence-electron chi connectivity index (χ4n) is 1.78. The highest BCUT2D eigenvalue weighted by Gasteiger charge is 2.37. The van der Waals surface area contributed by atoms with Crippen molar-refractivity contribution in [2.75, 3.05) is 14.2 Å². The minimum Gasteiger partial charge on any atom is -0.354 e. The van der Waals surface area contributed by atoms with Gasteiger partial charge in [-0.05, 0) is 18.1 Å². The van der Waals surface area contributed by atoms with Gasteiger partial charge in [-0.2, -0.15) is 0 Å². The van der Waals surface area contributed by atoms with E-state index < -0.39 is 11.8 Å². The van der Waals surface area contributed by atoms with Crippen LogP contribution in [0.5, 0.6) is 0 Å². The fourth-order valence-corrected chi connectivity index (χ4v) is 2.05. The lowest BCUT2D eigenvalue weighted by Gasteiger charge is -2.35. The van der Waals surface area contributed by atoms with Gasteiger partial charge in [0.05, 0.1) is 10.6 Å². The Bertz CT molecular complexity index is 425. The largest absolute Gasteiger partial charge is 0.354 e. The summed E-state index contributed by atoms with van der Waals surface area (Å²) in [5, 5.41) is 0.562. The highest BCUT2D eigenvalue weighted by molar-refractivity contribution is 6.41. The van der Waals surface area contributed by atoms with Gasteiger partial charge in [0.2, 0.25) is 0 Å². The normalized spacial score (nSPS) is 14.6. The average Bonchev–Trinajstić information content (AvgIpc) is 2.34. The molecule has 1 aromatic rings. The number of rotatable bonds is 6. The number of aromatic nitrogens is 1. The summed E-state index contributed by atoms with van der Waals surface area (Å²) in [4.78, 5) is 3.99. The number of ether oxygens (including phenoxy) is 2. The zero-order valence-corrected chi connectivity index (χ0v) is 11.8. The van der Waals surface area contributed by atoms with Crippen LogP contribution in [0.4, 0.5) is 0 Å². The third kappa shape index (κ3) is 3.02. The van der Waals surface area contributed by atoms with E-state index in [9.17, 15) is 0 Å². The zero-order valence-electron chi connectivity index (χ0n) is 10.3. The van der Waals surface area contributed by atoms with Crippen LogP contribution >= 0.6 is 23.2 Å². The molecule has 2 N–H and O–H groups in total. The highest BCUT2D eigenvalue weighted by atomic mass is 35.5. The number of pyridine rings is 1. The summed E-state index contributed by atoms with van der Waals surface area (Å²) < 4.78 is 10.5. The quantitative estimate of drug-likeness (QED) is 0.497. The van der Waals surface area contributed by atoms with E-state index in [2.05, 4.69) is 11.6 Å². The van der Waals surface area contributed by atoms with Crippen molar-refractivity contribution in [2.45, 2.75) is 18.2 Å². The van der Waals surface area contributed by atoms with E-state index in [0.29, 0.717) is 17.0 Å². The van der Waals surface area contributed by atoms with E-state index in [-0.39, 0.29) is 5.15 Å². The summed E-state index contributed by atoms with van der Waals surface area (Å²) in [6.07, 6.45) is 3.05. The van der Waals surface area contributed by atoms with Gasteiger partial charge in [-0.25, -0.2) is 4.98 Å². The molecule has 0 radical (unpaired) electrons. The van der Waals surface area contributed by atoms with Crippen LogP contribution in [0.25, 0.3) is 0 Å². The van der Waals surface area contributed by atoms with Crippen molar-refractivity contribution < 1.29 is 9.47 Å². The van der Waals surface area contributed by atoms with Crippen molar-refractivity contribution >= 4 is 23.2 Å². The zero-order chi connectivity index (χ0) is 13.8. The molecule has 4 nitrogen and oxygen atoms in total. The second-order valence-corrected chi connectivity index (χ2v) is 4.60. The average molecular weight is 291 g/mol. The van der Waals surface area contributed by atoms with Crippen molar-refractivity contribution in [3.8, 4) is 0 Å². The molecule has 0 fully saturated rings. The molecule has 1 atom stereocenters. The molecule has 6 heteroatoms. The molecule has 0 amide bonds. The molecule has 0 spiro atoms. The standard InChI is InChI=1S/C12H16Cl2N2O2/c1-4-5-12(15,11(17-2)18-3)8-6-9(13)10(14)16-7-8/h4,6-7,11H,1,5,15H2,2-3H3. The molecule has 1 heterocycles. The third-order valence-electron chi connectivity index (χ3n) is 2.66. The Kier molecular flexibility index (Phi) is 5.56. The Morgan fingerprint density at radius 3 is 2.56 bits per heavy atom. The Morgan fingerprint density at radius 2 is 2.11 bits per heavy atom. The number of nitrogens with two attached hydrogens (primary N) is 1. The number of hydrogen-bond donors (Lipinski definition) is 1. The van der Waals surface area contributed by atoms with Gasteiger partial charge in [0.1, 0.15) is 5.15 Å². The molecule has 1 aromatic heterocycles. The lowest BCUT2D eigenvalue weighted by Crippen LogP contribution is -2.49. The Labute approximate surface area is 117 Å². The maximum Gasteiger partial charge on any atom is 0.179 e. The molecule has 0 aliphatic heterocycles. The van der Waals surface area contributed by atoms with Crippen molar-refractivity contribution in [3.05, 3.63) is 40.7 Å². The van der Waals surface area contributed by atoms with E-state index in [1.807, 2.05) is 0 Å². The predicted molar refractivity (Wildman–Crippen MR) is 72.7 cm³/mol. The van der Waals surface area contributed by atoms with E-state index in [1.54, 1.807) is 18.3 Å². The van der Waals surface area contributed by atoms with Crippen LogP contribution in [0.2, 0.25) is 10.2 Å². The predicted octanol–water partition coefficient (Wildman–Crippen LogP) is 2.74. The molecule has 1 unspecified atom stereocenters. The van der Waals surface area contributed by atoms with Gasteiger partial charge < -0.3 is 15.2 Å². The van der Waals surface area contributed by atoms with Crippen LogP contribution in [0.15, 0.2) is 24.9 Å². The number of methoxy groups -OCH3 is 2. The molecule has 0 saturated heterocycles. The molecular formula is C12H16Cl2N2O2. The summed E-state index contributed by atoms with van der Waals surface area (Å²) in [5.41, 5.74) is 6.10. The first-order valence-corrected chi connectivity index (χ1v) is 6.02. The minimum absolute atomic E-state index is 0.229. The molecule has 1 rings (SSSR count). The maximum absolute atomic E-state index is 6.35. The van der Waals surface area contributed by atoms with E-state index >= 15 is 0 Å². The molecule has 0 aromatic carbocycles. The first-order chi connectivity index (χ1) is 8.49. The lowest BCUT2D eigenvalue weighted by atomic mass is 9.88. The van der Waals surface area contributed by atoms with Crippen LogP contribution in [0, 0.1) is 0 Å². The number of nitrogens with zero attached hydrogens (tertiary/aromatic N) is 1. The topological polar surface area (TPSA) is 57.4 Å². The van der Waals surface area contributed by atoms with Crippen LogP contribution in [-0.2, 0) is 15.0 Å². The summed E-state index contributed by atoms with van der Waals surface area (Å²) >= 11 is 11.7. The van der Waals surface area contributed by atoms with Gasteiger partial charge >= 0.3 is 0 Å². The first kappa shape index (κ1) is 15.4. The lowest BCUT2D eigenvalue weighted by molar-refractivity contribution is -0.148. The fraction of sp³-hybridized carbons (Fsp3) is 0.417. The summed E-state index contributed by atoms with van der Waals surface area (Å²) in [6, 6.07) is 1.66. The van der Waals surface area contributed by atoms with Gasteiger partial charge in [-0.1, -0.05) is 29.3 Å². The molecule has 100 valence electrons. The Hall–Kier alpha value is -0.650. The highest BCUT2D eigenvalue weighted by Crippen LogP contribution is 2.31. The summed E-state index contributed by atoms with van der Waals surface area (Å²) in [6.45, 7) is 3.69. The second kappa shape index (κ2) is 6.50. The molecule has 0 saturated carbocycles. The van der Waals surface area contributed by atoms with Gasteiger partial charge in [0, 0.05) is 20.4 Å².